The van der Waals surface area contributed by atoms with Crippen molar-refractivity contribution >= 4 is 29.7 Å². The molecule has 0 saturated carbocycles. The van der Waals surface area contributed by atoms with Crippen LogP contribution in [0.3, 0.4) is 0 Å². The van der Waals surface area contributed by atoms with Crippen LogP contribution in [0.1, 0.15) is 49.0 Å². The number of carbonyl (C=O) groups is 4. The Hall–Kier alpha value is -3.35. The summed E-state index contributed by atoms with van der Waals surface area (Å²) < 4.78 is 15.6. The molecular weight excluding hydrogens is 448 g/mol. The number of hydrogen-bond acceptors (Lipinski definition) is 9. The van der Waals surface area contributed by atoms with Gasteiger partial charge in [-0.3, -0.25) is 15.3 Å². The molecule has 2 amide bonds. The molecule has 1 aliphatic heterocycles. The molecule has 0 spiro atoms. The van der Waals surface area contributed by atoms with E-state index in [9.17, 15) is 24.3 Å². The summed E-state index contributed by atoms with van der Waals surface area (Å²) in [4.78, 5) is 53.1. The minimum Gasteiger partial charge on any atom is -0.477 e. The first-order valence-electron chi connectivity index (χ1n) is 10.9. The molecule has 1 aromatic rings. The van der Waals surface area contributed by atoms with Gasteiger partial charge in [0.2, 0.25) is 5.90 Å². The van der Waals surface area contributed by atoms with Crippen molar-refractivity contribution in [2.75, 3.05) is 26.4 Å². The second-order valence-corrected chi connectivity index (χ2v) is 7.29. The van der Waals surface area contributed by atoms with Crippen molar-refractivity contribution in [1.82, 2.24) is 10.6 Å². The molecule has 12 heteroatoms. The Balaban J connectivity index is 2.28. The van der Waals surface area contributed by atoms with Crippen LogP contribution >= 0.6 is 0 Å². The molecule has 1 fully saturated rings. The fourth-order valence-electron chi connectivity index (χ4n) is 3.29. The van der Waals surface area contributed by atoms with Gasteiger partial charge >= 0.3 is 17.8 Å². The van der Waals surface area contributed by atoms with Gasteiger partial charge in [0.05, 0.1) is 12.7 Å². The number of hydrogen-bond donors (Lipinski definition) is 4. The van der Waals surface area contributed by atoms with Gasteiger partial charge in [-0.15, -0.1) is 4.99 Å². The summed E-state index contributed by atoms with van der Waals surface area (Å²) in [6.07, 6.45) is -0.529. The van der Waals surface area contributed by atoms with E-state index in [1.807, 2.05) is 0 Å². The number of ketones is 1. The molecule has 34 heavy (non-hydrogen) atoms. The zero-order chi connectivity index (χ0) is 25.1. The van der Waals surface area contributed by atoms with E-state index in [0.717, 1.165) is 0 Å². The van der Waals surface area contributed by atoms with Crippen LogP contribution in [0, 0.1) is 0 Å². The lowest BCUT2D eigenvalue weighted by Gasteiger charge is -2.34. The minimum atomic E-state index is -2.51. The number of aliphatic carboxylic acids is 1. The number of rotatable bonds is 10. The predicted molar refractivity (Wildman–Crippen MR) is 120 cm³/mol. The fourth-order valence-corrected chi connectivity index (χ4v) is 3.29. The van der Waals surface area contributed by atoms with E-state index in [1.165, 1.54) is 31.2 Å². The number of nitrogens with two attached hydrogens (primary N) is 1. The zero-order valence-electron chi connectivity index (χ0n) is 19.2. The molecule has 1 aliphatic rings. The second-order valence-electron chi connectivity index (χ2n) is 7.29. The monoisotopic (exact) mass is 478 g/mol. The van der Waals surface area contributed by atoms with Crippen LogP contribution in [0.5, 0.6) is 0 Å². The topological polar surface area (TPSA) is 179 Å². The van der Waals surface area contributed by atoms with Crippen LogP contribution in [0.2, 0.25) is 0 Å². The van der Waals surface area contributed by atoms with Gasteiger partial charge < -0.3 is 30.0 Å². The number of amides is 2. The molecule has 1 atom stereocenters. The molecule has 186 valence electrons. The molecule has 5 N–H and O–H groups in total. The lowest BCUT2D eigenvalue weighted by atomic mass is 10.0. The van der Waals surface area contributed by atoms with Gasteiger partial charge in [-0.1, -0.05) is 6.92 Å². The van der Waals surface area contributed by atoms with Gasteiger partial charge in [0.15, 0.2) is 5.78 Å². The van der Waals surface area contributed by atoms with E-state index in [4.69, 9.17) is 19.9 Å². The Kier molecular flexibility index (Phi) is 10.1. The van der Waals surface area contributed by atoms with Gasteiger partial charge in [0.25, 0.3) is 5.91 Å². The van der Waals surface area contributed by atoms with Crippen LogP contribution in [0.4, 0.5) is 4.79 Å². The molecule has 0 aliphatic carbocycles. The molecule has 0 aromatic heterocycles. The van der Waals surface area contributed by atoms with Crippen molar-refractivity contribution in [3.05, 3.63) is 35.4 Å². The van der Waals surface area contributed by atoms with Crippen molar-refractivity contribution in [2.45, 2.75) is 44.9 Å². The Morgan fingerprint density at radius 2 is 1.74 bits per heavy atom. The SMILES string of the molecule is CCOC(=O)/N=C(\OCN)c1ccc(C(=O)NC(OC2CCNCC2)(C(=O)O)C(=O)CC)cc1. The molecule has 1 saturated heterocycles. The van der Waals surface area contributed by atoms with Gasteiger partial charge in [-0.05, 0) is 57.1 Å². The second kappa shape index (κ2) is 12.8. The normalized spacial score (nSPS) is 16.3. The maximum absolute atomic E-state index is 12.9. The summed E-state index contributed by atoms with van der Waals surface area (Å²) in [6, 6.07) is 5.58. The highest BCUT2D eigenvalue weighted by Gasteiger charge is 2.50. The summed E-state index contributed by atoms with van der Waals surface area (Å²) >= 11 is 0. The van der Waals surface area contributed by atoms with E-state index < -0.39 is 35.6 Å². The molecule has 1 heterocycles. The molecular formula is C22H30N4O8. The molecule has 2 rings (SSSR count). The van der Waals surface area contributed by atoms with Crippen molar-refractivity contribution in [3.8, 4) is 0 Å². The van der Waals surface area contributed by atoms with Crippen LogP contribution in [0.15, 0.2) is 29.3 Å². The number of aliphatic imine (C=N–C) groups is 1. The summed E-state index contributed by atoms with van der Waals surface area (Å²) in [5.74, 6) is -3.30. The number of carboxylic acid groups (broad SMARTS) is 1. The van der Waals surface area contributed by atoms with Crippen LogP contribution < -0.4 is 16.4 Å². The quantitative estimate of drug-likeness (QED) is 0.162. The Labute approximate surface area is 196 Å². The van der Waals surface area contributed by atoms with Crippen molar-refractivity contribution in [2.24, 2.45) is 10.7 Å². The molecule has 1 aromatic carbocycles. The van der Waals surface area contributed by atoms with Gasteiger partial charge in [-0.25, -0.2) is 9.59 Å². The first-order chi connectivity index (χ1) is 16.3. The number of piperidine rings is 1. The third-order valence-electron chi connectivity index (χ3n) is 5.01. The van der Waals surface area contributed by atoms with Gasteiger partial charge in [0, 0.05) is 17.5 Å². The van der Waals surface area contributed by atoms with E-state index in [2.05, 4.69) is 15.6 Å². The van der Waals surface area contributed by atoms with Gasteiger partial charge in [-0.2, -0.15) is 0 Å². The van der Waals surface area contributed by atoms with Crippen LogP contribution in [-0.2, 0) is 23.8 Å². The lowest BCUT2D eigenvalue weighted by molar-refractivity contribution is -0.185. The Morgan fingerprint density at radius 1 is 1.12 bits per heavy atom. The van der Waals surface area contributed by atoms with Crippen molar-refractivity contribution in [3.63, 3.8) is 0 Å². The Morgan fingerprint density at radius 3 is 2.26 bits per heavy atom. The smallest absolute Gasteiger partial charge is 0.436 e. The molecule has 0 radical (unpaired) electrons. The first kappa shape index (κ1) is 26.9. The summed E-state index contributed by atoms with van der Waals surface area (Å²) in [5.41, 5.74) is 3.26. The average Bonchev–Trinajstić information content (AvgIpc) is 2.83. The molecule has 12 nitrogen and oxygen atoms in total. The van der Waals surface area contributed by atoms with Crippen LogP contribution in [-0.4, -0.2) is 73.0 Å². The zero-order valence-corrected chi connectivity index (χ0v) is 19.2. The number of nitrogens with zero attached hydrogens (tertiary/aromatic N) is 1. The summed E-state index contributed by atoms with van der Waals surface area (Å²) in [5, 5.41) is 15.3. The third-order valence-corrected chi connectivity index (χ3v) is 5.01. The summed E-state index contributed by atoms with van der Waals surface area (Å²) in [7, 11) is 0. The van der Waals surface area contributed by atoms with E-state index in [-0.39, 0.29) is 31.2 Å². The van der Waals surface area contributed by atoms with E-state index >= 15 is 0 Å². The fraction of sp³-hybridized carbons (Fsp3) is 0.500. The predicted octanol–water partition coefficient (Wildman–Crippen LogP) is 0.781. The third kappa shape index (κ3) is 6.83. The van der Waals surface area contributed by atoms with E-state index in [1.54, 1.807) is 6.92 Å². The van der Waals surface area contributed by atoms with Crippen molar-refractivity contribution in [1.29, 1.82) is 0 Å². The largest absolute Gasteiger partial charge is 0.477 e. The Bertz CT molecular complexity index is 912. The molecule has 1 unspecified atom stereocenters. The highest BCUT2D eigenvalue weighted by molar-refractivity contribution is 6.11. The van der Waals surface area contributed by atoms with Gasteiger partial charge in [0.1, 0.15) is 6.73 Å². The number of Topliss-reactive ketones (excluding diaryl/α,β-unsaturated/α-hetero) is 1. The number of benzene rings is 1. The van der Waals surface area contributed by atoms with E-state index in [0.29, 0.717) is 31.5 Å². The summed E-state index contributed by atoms with van der Waals surface area (Å²) in [6.45, 7) is 4.20. The number of carbonyl (C=O) groups excluding carboxylic acids is 3. The highest BCUT2D eigenvalue weighted by atomic mass is 16.6. The minimum absolute atomic E-state index is 0.0513. The van der Waals surface area contributed by atoms with Crippen LogP contribution in [0.25, 0.3) is 0 Å². The maximum Gasteiger partial charge on any atom is 0.436 e. The number of nitrogens with one attached hydrogen (secondary N) is 2. The first-order valence-corrected chi connectivity index (χ1v) is 10.9. The number of carboxylic acids is 1. The van der Waals surface area contributed by atoms with Crippen molar-refractivity contribution < 1.29 is 38.5 Å². The maximum atomic E-state index is 12.9. The number of ether oxygens (including phenoxy) is 3. The average molecular weight is 479 g/mol. The lowest BCUT2D eigenvalue weighted by Crippen LogP contribution is -2.63. The standard InChI is InChI=1S/C22H30N4O8/c1-3-17(27)22(20(29)30,34-16-9-11-24-12-10-16)26-18(28)14-5-7-15(8-6-14)19(33-13-23)25-21(31)32-4-2/h5-8,16,24H,3-4,9-13,23H2,1-2H3,(H,26,28)(H,29,30)/b25-19-. The highest BCUT2D eigenvalue weighted by Crippen LogP contribution is 2.21. The molecule has 0 bridgehead atoms.